The Morgan fingerprint density at radius 3 is 2.58 bits per heavy atom. The van der Waals surface area contributed by atoms with Crippen molar-refractivity contribution >= 4 is 29.7 Å². The molecule has 0 aliphatic rings. The summed E-state index contributed by atoms with van der Waals surface area (Å²) in [6, 6.07) is 9.37. The first-order chi connectivity index (χ1) is 9.16. The van der Waals surface area contributed by atoms with Gasteiger partial charge in [0.05, 0.1) is 23.7 Å². The smallest absolute Gasteiger partial charge is 0.146 e. The average Bonchev–Trinajstić information content (AvgIpc) is 2.89. The minimum Gasteiger partial charge on any atom is -0.463 e. The van der Waals surface area contributed by atoms with Crippen LogP contribution in [-0.4, -0.2) is 26.5 Å². The first kappa shape index (κ1) is 13.4. The number of furan rings is 1. The van der Waals surface area contributed by atoms with Gasteiger partial charge >= 0.3 is 0 Å². The van der Waals surface area contributed by atoms with E-state index in [2.05, 4.69) is 10.2 Å². The SMILES string of the molecule is CN(C)c1ccc(/C=N/N=C/c2ccco2)c(Cl)c1. The maximum Gasteiger partial charge on any atom is 0.146 e. The first-order valence-electron chi connectivity index (χ1n) is 5.73. The predicted octanol–water partition coefficient (Wildman–Crippen LogP) is 3.45. The molecule has 0 radical (unpaired) electrons. The summed E-state index contributed by atoms with van der Waals surface area (Å²) in [6.07, 6.45) is 4.74. The van der Waals surface area contributed by atoms with Crippen LogP contribution in [-0.2, 0) is 0 Å². The van der Waals surface area contributed by atoms with Gasteiger partial charge in [-0.05, 0) is 30.3 Å². The summed E-state index contributed by atoms with van der Waals surface area (Å²) in [6.45, 7) is 0. The van der Waals surface area contributed by atoms with Gasteiger partial charge in [0.2, 0.25) is 0 Å². The molecule has 98 valence electrons. The highest BCUT2D eigenvalue weighted by Crippen LogP contribution is 2.21. The van der Waals surface area contributed by atoms with Gasteiger partial charge in [-0.25, -0.2) is 0 Å². The first-order valence-corrected chi connectivity index (χ1v) is 6.11. The van der Waals surface area contributed by atoms with Gasteiger partial charge in [-0.2, -0.15) is 10.2 Å². The number of hydrogen-bond acceptors (Lipinski definition) is 4. The fourth-order valence-corrected chi connectivity index (χ4v) is 1.67. The highest BCUT2D eigenvalue weighted by Gasteiger charge is 2.00. The molecule has 0 amide bonds. The van der Waals surface area contributed by atoms with Crippen LogP contribution < -0.4 is 4.90 Å². The lowest BCUT2D eigenvalue weighted by Crippen LogP contribution is -2.08. The second-order valence-electron chi connectivity index (χ2n) is 4.10. The number of anilines is 1. The molecule has 0 atom stereocenters. The zero-order valence-electron chi connectivity index (χ0n) is 10.7. The van der Waals surface area contributed by atoms with Crippen LogP contribution in [0.1, 0.15) is 11.3 Å². The normalized spacial score (nSPS) is 11.5. The van der Waals surface area contributed by atoms with E-state index in [0.29, 0.717) is 10.8 Å². The third kappa shape index (κ3) is 3.69. The van der Waals surface area contributed by atoms with E-state index in [-0.39, 0.29) is 0 Å². The number of nitrogens with zero attached hydrogens (tertiary/aromatic N) is 3. The van der Waals surface area contributed by atoms with E-state index >= 15 is 0 Å². The molecule has 5 heteroatoms. The van der Waals surface area contributed by atoms with Crippen LogP contribution in [0.15, 0.2) is 51.2 Å². The topological polar surface area (TPSA) is 41.1 Å². The van der Waals surface area contributed by atoms with Crippen molar-refractivity contribution < 1.29 is 4.42 Å². The summed E-state index contributed by atoms with van der Waals surface area (Å²) in [5, 5.41) is 8.47. The predicted molar refractivity (Wildman–Crippen MR) is 79.7 cm³/mol. The van der Waals surface area contributed by atoms with Crippen molar-refractivity contribution in [1.82, 2.24) is 0 Å². The number of rotatable bonds is 4. The number of benzene rings is 1. The van der Waals surface area contributed by atoms with Crippen molar-refractivity contribution in [1.29, 1.82) is 0 Å². The Morgan fingerprint density at radius 1 is 1.16 bits per heavy atom. The van der Waals surface area contributed by atoms with Crippen molar-refractivity contribution in [2.75, 3.05) is 19.0 Å². The van der Waals surface area contributed by atoms with Crippen LogP contribution in [0, 0.1) is 0 Å². The van der Waals surface area contributed by atoms with Crippen LogP contribution in [0.2, 0.25) is 5.02 Å². The van der Waals surface area contributed by atoms with Gasteiger partial charge in [0.1, 0.15) is 5.76 Å². The van der Waals surface area contributed by atoms with E-state index in [4.69, 9.17) is 16.0 Å². The van der Waals surface area contributed by atoms with Gasteiger partial charge in [-0.1, -0.05) is 11.6 Å². The van der Waals surface area contributed by atoms with Gasteiger partial charge in [-0.15, -0.1) is 0 Å². The molecule has 0 saturated heterocycles. The van der Waals surface area contributed by atoms with E-state index in [1.165, 1.54) is 0 Å². The van der Waals surface area contributed by atoms with Crippen molar-refractivity contribution in [3.63, 3.8) is 0 Å². The van der Waals surface area contributed by atoms with E-state index < -0.39 is 0 Å². The quantitative estimate of drug-likeness (QED) is 0.633. The van der Waals surface area contributed by atoms with Gasteiger partial charge < -0.3 is 9.32 Å². The molecule has 2 rings (SSSR count). The molecular formula is C14H14ClN3O. The number of halogens is 1. The van der Waals surface area contributed by atoms with E-state index in [0.717, 1.165) is 11.3 Å². The van der Waals surface area contributed by atoms with E-state index in [9.17, 15) is 0 Å². The van der Waals surface area contributed by atoms with Crippen LogP contribution in [0.3, 0.4) is 0 Å². The Bertz CT molecular complexity index is 589. The molecule has 0 aliphatic carbocycles. The van der Waals surface area contributed by atoms with Gasteiger partial charge in [0.25, 0.3) is 0 Å². The monoisotopic (exact) mass is 275 g/mol. The van der Waals surface area contributed by atoms with Crippen LogP contribution in [0.5, 0.6) is 0 Å². The minimum absolute atomic E-state index is 0.642. The minimum atomic E-state index is 0.642. The van der Waals surface area contributed by atoms with Crippen LogP contribution in [0.4, 0.5) is 5.69 Å². The zero-order valence-corrected chi connectivity index (χ0v) is 11.5. The molecule has 1 aromatic heterocycles. The Hall–Kier alpha value is -2.07. The van der Waals surface area contributed by atoms with Crippen molar-refractivity contribution in [3.05, 3.63) is 52.9 Å². The molecule has 0 bridgehead atoms. The third-order valence-electron chi connectivity index (χ3n) is 2.49. The summed E-state index contributed by atoms with van der Waals surface area (Å²) in [5.74, 6) is 0.659. The fraction of sp³-hybridized carbons (Fsp3) is 0.143. The molecule has 0 unspecified atom stereocenters. The molecule has 1 heterocycles. The maximum atomic E-state index is 6.16. The molecule has 1 aromatic carbocycles. The summed E-state index contributed by atoms with van der Waals surface area (Å²) in [5.41, 5.74) is 1.87. The second kappa shape index (κ2) is 6.20. The lowest BCUT2D eigenvalue weighted by atomic mass is 10.2. The van der Waals surface area contributed by atoms with E-state index in [1.54, 1.807) is 30.8 Å². The average molecular weight is 276 g/mol. The molecular weight excluding hydrogens is 262 g/mol. The summed E-state index contributed by atoms with van der Waals surface area (Å²) in [4.78, 5) is 1.99. The summed E-state index contributed by atoms with van der Waals surface area (Å²) >= 11 is 6.16. The molecule has 0 aliphatic heterocycles. The second-order valence-corrected chi connectivity index (χ2v) is 4.51. The summed E-state index contributed by atoms with van der Waals surface area (Å²) in [7, 11) is 3.93. The molecule has 0 fully saturated rings. The maximum absolute atomic E-state index is 6.16. The highest BCUT2D eigenvalue weighted by molar-refractivity contribution is 6.33. The molecule has 0 N–H and O–H groups in total. The zero-order chi connectivity index (χ0) is 13.7. The summed E-state index contributed by atoms with van der Waals surface area (Å²) < 4.78 is 5.10. The Balaban J connectivity index is 2.07. The highest BCUT2D eigenvalue weighted by atomic mass is 35.5. The van der Waals surface area contributed by atoms with Crippen molar-refractivity contribution in [3.8, 4) is 0 Å². The van der Waals surface area contributed by atoms with Crippen LogP contribution >= 0.6 is 11.6 Å². The Kier molecular flexibility index (Phi) is 4.36. The largest absolute Gasteiger partial charge is 0.463 e. The number of hydrogen-bond donors (Lipinski definition) is 0. The van der Waals surface area contributed by atoms with Gasteiger partial charge in [0, 0.05) is 25.3 Å². The van der Waals surface area contributed by atoms with Crippen LogP contribution in [0.25, 0.3) is 0 Å². The van der Waals surface area contributed by atoms with Crippen molar-refractivity contribution in [2.24, 2.45) is 10.2 Å². The Labute approximate surface area is 117 Å². The van der Waals surface area contributed by atoms with E-state index in [1.807, 2.05) is 37.2 Å². The van der Waals surface area contributed by atoms with Gasteiger partial charge in [-0.3, -0.25) is 0 Å². The third-order valence-corrected chi connectivity index (χ3v) is 2.82. The van der Waals surface area contributed by atoms with Gasteiger partial charge in [0.15, 0.2) is 0 Å². The lowest BCUT2D eigenvalue weighted by molar-refractivity contribution is 0.560. The standard InChI is InChI=1S/C14H14ClN3O/c1-18(2)12-6-5-11(14(15)8-12)9-16-17-10-13-4-3-7-19-13/h3-10H,1-2H3/b16-9+,17-10+. The molecule has 4 nitrogen and oxygen atoms in total. The molecule has 0 saturated carbocycles. The molecule has 2 aromatic rings. The molecule has 0 spiro atoms. The fourth-order valence-electron chi connectivity index (χ4n) is 1.45. The molecule has 19 heavy (non-hydrogen) atoms. The lowest BCUT2D eigenvalue weighted by Gasteiger charge is -2.12. The van der Waals surface area contributed by atoms with Crippen molar-refractivity contribution in [2.45, 2.75) is 0 Å². The Morgan fingerprint density at radius 2 is 1.95 bits per heavy atom.